The van der Waals surface area contributed by atoms with Gasteiger partial charge < -0.3 is 26.0 Å². The molecule has 49 heavy (non-hydrogen) atoms. The molecule has 0 fully saturated rings. The summed E-state index contributed by atoms with van der Waals surface area (Å²) in [5, 5.41) is 18.1. The number of thioether (sulfide) groups is 1. The van der Waals surface area contributed by atoms with Crippen molar-refractivity contribution in [3.63, 3.8) is 0 Å². The summed E-state index contributed by atoms with van der Waals surface area (Å²) >= 11 is 1.27. The van der Waals surface area contributed by atoms with Crippen LogP contribution in [0.2, 0.25) is 0 Å². The van der Waals surface area contributed by atoms with Gasteiger partial charge in [-0.1, -0.05) is 78.9 Å². The maximum atomic E-state index is 13.8. The first-order chi connectivity index (χ1) is 23.8. The lowest BCUT2D eigenvalue weighted by Crippen LogP contribution is -2.30. The summed E-state index contributed by atoms with van der Waals surface area (Å²) in [6.07, 6.45) is 3.40. The number of anilines is 2. The first-order valence-electron chi connectivity index (χ1n) is 15.3. The molecule has 0 spiro atoms. The topological polar surface area (TPSA) is 140 Å². The Balaban J connectivity index is 1.25. The van der Waals surface area contributed by atoms with E-state index in [-0.39, 0.29) is 17.2 Å². The second kappa shape index (κ2) is 15.0. The van der Waals surface area contributed by atoms with Crippen LogP contribution in [0.4, 0.5) is 11.4 Å². The molecule has 1 unspecified atom stereocenters. The van der Waals surface area contributed by atoms with Crippen molar-refractivity contribution in [3.05, 3.63) is 168 Å². The van der Waals surface area contributed by atoms with Crippen LogP contribution in [0.5, 0.6) is 0 Å². The van der Waals surface area contributed by atoms with Gasteiger partial charge in [0.05, 0.1) is 5.56 Å². The van der Waals surface area contributed by atoms with Crippen LogP contribution in [0.25, 0.3) is 17.0 Å². The maximum Gasteiger partial charge on any atom is 0.335 e. The van der Waals surface area contributed by atoms with Gasteiger partial charge in [0.15, 0.2) is 0 Å². The number of carboxylic acid groups (broad SMARTS) is 1. The molecule has 0 saturated heterocycles. The Bertz CT molecular complexity index is 2180. The summed E-state index contributed by atoms with van der Waals surface area (Å²) in [5.74, 6) is -2.41. The largest absolute Gasteiger partial charge is 0.478 e. The lowest BCUT2D eigenvalue weighted by molar-refractivity contribution is -0.116. The number of para-hydroxylation sites is 1. The standard InChI is InChI=1S/C39H30N4O5S/c44-36(26-13-5-2-6-14-26)43-34(22-28-24-40-33-20-8-7-19-32(28)33)37(45)41-30-17-10-18-31(23-30)49-35(25-11-3-1-4-12-25)38(46)42-29-16-9-15-27(21-29)39(47)48/h1-24,35,40H,(H,41,45)(H,42,46)(H,43,44)(H,47,48)/b34-22-. The van der Waals surface area contributed by atoms with E-state index in [0.29, 0.717) is 21.8 Å². The summed E-state index contributed by atoms with van der Waals surface area (Å²) in [4.78, 5) is 55.9. The Morgan fingerprint density at radius 3 is 2.10 bits per heavy atom. The van der Waals surface area contributed by atoms with E-state index in [1.54, 1.807) is 72.9 Å². The molecule has 1 aromatic heterocycles. The van der Waals surface area contributed by atoms with Gasteiger partial charge in [0.2, 0.25) is 5.91 Å². The van der Waals surface area contributed by atoms with Crippen molar-refractivity contribution in [2.75, 3.05) is 10.6 Å². The average Bonchev–Trinajstić information content (AvgIpc) is 3.53. The number of carbonyl (C=O) groups is 4. The number of aromatic amines is 1. The fourth-order valence-corrected chi connectivity index (χ4v) is 6.22. The summed E-state index contributed by atoms with van der Waals surface area (Å²) in [6, 6.07) is 38.6. The van der Waals surface area contributed by atoms with E-state index >= 15 is 0 Å². The monoisotopic (exact) mass is 666 g/mol. The first kappa shape index (κ1) is 32.5. The van der Waals surface area contributed by atoms with Gasteiger partial charge in [-0.05, 0) is 66.2 Å². The molecule has 5 N–H and O–H groups in total. The van der Waals surface area contributed by atoms with Gasteiger partial charge >= 0.3 is 5.97 Å². The van der Waals surface area contributed by atoms with Crippen molar-refractivity contribution in [3.8, 4) is 0 Å². The van der Waals surface area contributed by atoms with Crippen LogP contribution in [0.3, 0.4) is 0 Å². The van der Waals surface area contributed by atoms with Crippen LogP contribution in [0.1, 0.15) is 37.1 Å². The number of rotatable bonds is 11. The Labute approximate surface area is 286 Å². The molecule has 1 heterocycles. The Hall–Kier alpha value is -6.39. The minimum Gasteiger partial charge on any atom is -0.478 e. The third-order valence-corrected chi connectivity index (χ3v) is 8.76. The van der Waals surface area contributed by atoms with Gasteiger partial charge in [-0.3, -0.25) is 14.4 Å². The minimum atomic E-state index is -1.09. The quantitative estimate of drug-likeness (QED) is 0.0708. The van der Waals surface area contributed by atoms with E-state index in [1.807, 2.05) is 60.7 Å². The zero-order valence-electron chi connectivity index (χ0n) is 25.9. The lowest BCUT2D eigenvalue weighted by atomic mass is 10.1. The smallest absolute Gasteiger partial charge is 0.335 e. The highest BCUT2D eigenvalue weighted by Crippen LogP contribution is 2.37. The molecule has 0 aliphatic rings. The number of hydrogen-bond donors (Lipinski definition) is 5. The fraction of sp³-hybridized carbons (Fsp3) is 0.0256. The second-order valence-corrected chi connectivity index (χ2v) is 12.1. The van der Waals surface area contributed by atoms with Crippen molar-refractivity contribution in [2.24, 2.45) is 0 Å². The van der Waals surface area contributed by atoms with E-state index < -0.39 is 23.0 Å². The van der Waals surface area contributed by atoms with Crippen molar-refractivity contribution >= 4 is 63.8 Å². The molecular weight excluding hydrogens is 637 g/mol. The maximum absolute atomic E-state index is 13.8. The normalized spacial score (nSPS) is 11.8. The molecule has 6 rings (SSSR count). The highest BCUT2D eigenvalue weighted by molar-refractivity contribution is 8.00. The number of aromatic nitrogens is 1. The fourth-order valence-electron chi connectivity index (χ4n) is 5.13. The van der Waals surface area contributed by atoms with Crippen LogP contribution >= 0.6 is 11.8 Å². The van der Waals surface area contributed by atoms with E-state index in [4.69, 9.17) is 0 Å². The highest BCUT2D eigenvalue weighted by atomic mass is 32.2. The minimum absolute atomic E-state index is 0.0433. The number of amides is 3. The molecular formula is C39H30N4O5S. The molecule has 0 bridgehead atoms. The Morgan fingerprint density at radius 2 is 1.35 bits per heavy atom. The number of carboxylic acids is 1. The third kappa shape index (κ3) is 8.13. The molecule has 5 aromatic carbocycles. The van der Waals surface area contributed by atoms with Gasteiger partial charge in [-0.2, -0.15) is 0 Å². The second-order valence-electron chi connectivity index (χ2n) is 10.9. The number of carbonyl (C=O) groups excluding carboxylic acids is 3. The Morgan fingerprint density at radius 1 is 0.694 bits per heavy atom. The van der Waals surface area contributed by atoms with E-state index in [2.05, 4.69) is 20.9 Å². The van der Waals surface area contributed by atoms with Crippen molar-refractivity contribution < 1.29 is 24.3 Å². The number of fused-ring (bicyclic) bond motifs is 1. The molecule has 0 aliphatic carbocycles. The number of benzene rings is 5. The lowest BCUT2D eigenvalue weighted by Gasteiger charge is -2.18. The van der Waals surface area contributed by atoms with E-state index in [1.165, 1.54) is 23.9 Å². The predicted octanol–water partition coefficient (Wildman–Crippen LogP) is 7.75. The first-order valence-corrected chi connectivity index (χ1v) is 16.1. The molecule has 0 radical (unpaired) electrons. The molecule has 10 heteroatoms. The van der Waals surface area contributed by atoms with E-state index in [9.17, 15) is 24.3 Å². The molecule has 3 amide bonds. The molecule has 6 aromatic rings. The molecule has 1 atom stereocenters. The van der Waals surface area contributed by atoms with Crippen molar-refractivity contribution in [1.82, 2.24) is 10.3 Å². The summed E-state index contributed by atoms with van der Waals surface area (Å²) < 4.78 is 0. The van der Waals surface area contributed by atoms with Crippen LogP contribution in [-0.2, 0) is 9.59 Å². The van der Waals surface area contributed by atoms with Gasteiger partial charge in [0.25, 0.3) is 11.8 Å². The van der Waals surface area contributed by atoms with E-state index in [0.717, 1.165) is 22.0 Å². The summed E-state index contributed by atoms with van der Waals surface area (Å²) in [6.45, 7) is 0. The number of nitrogens with one attached hydrogen (secondary N) is 4. The zero-order valence-corrected chi connectivity index (χ0v) is 26.7. The van der Waals surface area contributed by atoms with Gasteiger partial charge in [0, 0.05) is 44.5 Å². The number of hydrogen-bond acceptors (Lipinski definition) is 5. The van der Waals surface area contributed by atoms with Crippen molar-refractivity contribution in [2.45, 2.75) is 10.1 Å². The number of H-pyrrole nitrogens is 1. The van der Waals surface area contributed by atoms with Gasteiger partial charge in [-0.15, -0.1) is 11.8 Å². The SMILES string of the molecule is O=C(Nc1cccc(SC(C(=O)Nc2cccc(C(=O)O)c2)c2ccccc2)c1)/C(=C/c1c[nH]c2ccccc12)NC(=O)c1ccccc1. The van der Waals surface area contributed by atoms with Crippen molar-refractivity contribution in [1.29, 1.82) is 0 Å². The predicted molar refractivity (Wildman–Crippen MR) is 192 cm³/mol. The van der Waals surface area contributed by atoms with Crippen LogP contribution < -0.4 is 16.0 Å². The summed E-state index contributed by atoms with van der Waals surface area (Å²) in [7, 11) is 0. The van der Waals surface area contributed by atoms with Gasteiger partial charge in [0.1, 0.15) is 10.9 Å². The van der Waals surface area contributed by atoms with Crippen LogP contribution in [0.15, 0.2) is 150 Å². The van der Waals surface area contributed by atoms with Crippen LogP contribution in [-0.4, -0.2) is 33.8 Å². The summed E-state index contributed by atoms with van der Waals surface area (Å²) in [5.41, 5.74) is 3.67. The molecule has 0 aliphatic heterocycles. The molecule has 9 nitrogen and oxygen atoms in total. The van der Waals surface area contributed by atoms with Crippen LogP contribution in [0, 0.1) is 0 Å². The highest BCUT2D eigenvalue weighted by Gasteiger charge is 2.23. The average molecular weight is 667 g/mol. The molecule has 0 saturated carbocycles. The zero-order chi connectivity index (χ0) is 34.2. The Kier molecular flexibility index (Phi) is 9.97. The number of aromatic carboxylic acids is 1. The molecule has 242 valence electrons. The van der Waals surface area contributed by atoms with Gasteiger partial charge in [-0.25, -0.2) is 4.79 Å². The third-order valence-electron chi connectivity index (χ3n) is 7.51.